The number of furan rings is 1. The molecule has 0 aromatic carbocycles. The molecule has 2 saturated heterocycles. The van der Waals surface area contributed by atoms with Crippen molar-refractivity contribution < 1.29 is 55.4 Å². The lowest BCUT2D eigenvalue weighted by Gasteiger charge is -2.42. The summed E-state index contributed by atoms with van der Waals surface area (Å²) in [5, 5.41) is 18.7. The van der Waals surface area contributed by atoms with Crippen LogP contribution in [0.2, 0.25) is 0 Å². The van der Waals surface area contributed by atoms with Crippen LogP contribution in [0.25, 0.3) is 0 Å². The summed E-state index contributed by atoms with van der Waals surface area (Å²) in [4.78, 5) is 40.3. The number of piperidine rings is 1. The van der Waals surface area contributed by atoms with Crippen LogP contribution in [0.1, 0.15) is 35.6 Å². The quantitative estimate of drug-likeness (QED) is 0.398. The largest absolute Gasteiger partial charge is 0.490 e. The molecule has 1 amide bonds. The summed E-state index contributed by atoms with van der Waals surface area (Å²) >= 11 is 0. The summed E-state index contributed by atoms with van der Waals surface area (Å²) in [5.41, 5.74) is 3.00. The van der Waals surface area contributed by atoms with Gasteiger partial charge in [-0.2, -0.15) is 31.4 Å². The van der Waals surface area contributed by atoms with Crippen molar-refractivity contribution in [3.05, 3.63) is 72.2 Å². The number of aryl methyl sites for hydroxylation is 1. The third kappa shape index (κ3) is 8.58. The molecule has 17 heteroatoms. The van der Waals surface area contributed by atoms with Gasteiger partial charge in [-0.1, -0.05) is 0 Å². The van der Waals surface area contributed by atoms with Crippen molar-refractivity contribution in [2.24, 2.45) is 12.5 Å². The van der Waals surface area contributed by atoms with E-state index in [9.17, 15) is 31.1 Å². The zero-order valence-corrected chi connectivity index (χ0v) is 23.3. The lowest BCUT2D eigenvalue weighted by atomic mass is 9.70. The zero-order chi connectivity index (χ0) is 32.7. The highest BCUT2D eigenvalue weighted by molar-refractivity contribution is 5.85. The van der Waals surface area contributed by atoms with Crippen LogP contribution in [0.15, 0.2) is 59.8 Å². The van der Waals surface area contributed by atoms with Gasteiger partial charge in [0.25, 0.3) is 0 Å². The number of pyridine rings is 1. The lowest BCUT2D eigenvalue weighted by Crippen LogP contribution is -2.52. The number of amides is 1. The van der Waals surface area contributed by atoms with E-state index in [0.717, 1.165) is 55.8 Å². The van der Waals surface area contributed by atoms with Gasteiger partial charge in [0, 0.05) is 75.5 Å². The Kier molecular flexibility index (Phi) is 10.8. The van der Waals surface area contributed by atoms with E-state index in [2.05, 4.69) is 21.0 Å². The van der Waals surface area contributed by atoms with E-state index < -0.39 is 29.7 Å². The topological polar surface area (TPSA) is 142 Å². The molecule has 5 heterocycles. The number of carbonyl (C=O) groups is 3. The number of halogens is 6. The summed E-state index contributed by atoms with van der Waals surface area (Å²) < 4.78 is 70.7. The fraction of sp³-hybridized carbons (Fsp3) is 0.444. The zero-order valence-electron chi connectivity index (χ0n) is 23.3. The van der Waals surface area contributed by atoms with Crippen molar-refractivity contribution in [2.45, 2.75) is 44.2 Å². The maximum absolute atomic E-state index is 14.0. The number of aliphatic carboxylic acids is 2. The first-order valence-electron chi connectivity index (χ1n) is 13.0. The van der Waals surface area contributed by atoms with Crippen LogP contribution >= 0.6 is 0 Å². The fourth-order valence-corrected chi connectivity index (χ4v) is 5.31. The van der Waals surface area contributed by atoms with E-state index in [4.69, 9.17) is 24.2 Å². The maximum atomic E-state index is 14.0. The van der Waals surface area contributed by atoms with Gasteiger partial charge in [-0.05, 0) is 42.7 Å². The summed E-state index contributed by atoms with van der Waals surface area (Å²) in [6, 6.07) is 8.06. The van der Waals surface area contributed by atoms with Crippen LogP contribution in [0.3, 0.4) is 0 Å². The second-order valence-corrected chi connectivity index (χ2v) is 10.2. The Labute approximate surface area is 246 Å². The first kappa shape index (κ1) is 34.1. The number of rotatable bonds is 5. The Bertz CT molecular complexity index is 1370. The van der Waals surface area contributed by atoms with Crippen LogP contribution in [0, 0.1) is 5.41 Å². The molecule has 0 aliphatic carbocycles. The van der Waals surface area contributed by atoms with Gasteiger partial charge in [0.15, 0.2) is 0 Å². The number of alkyl halides is 6. The van der Waals surface area contributed by atoms with Crippen molar-refractivity contribution in [3.63, 3.8) is 0 Å². The summed E-state index contributed by atoms with van der Waals surface area (Å²) in [6.45, 7) is 3.86. The molecule has 2 fully saturated rings. The number of carboxylic acid groups (broad SMARTS) is 2. The Morgan fingerprint density at radius 1 is 0.977 bits per heavy atom. The van der Waals surface area contributed by atoms with Gasteiger partial charge in [0.1, 0.15) is 0 Å². The predicted molar refractivity (Wildman–Crippen MR) is 139 cm³/mol. The molecule has 1 spiro atoms. The van der Waals surface area contributed by atoms with E-state index in [1.807, 2.05) is 41.0 Å². The van der Waals surface area contributed by atoms with Crippen LogP contribution in [-0.2, 0) is 34.5 Å². The number of hydrogen-bond acceptors (Lipinski definition) is 7. The lowest BCUT2D eigenvalue weighted by molar-refractivity contribution is -0.193. The van der Waals surface area contributed by atoms with Gasteiger partial charge >= 0.3 is 24.3 Å². The molecule has 2 atom stereocenters. The van der Waals surface area contributed by atoms with Crippen molar-refractivity contribution in [2.75, 3.05) is 19.6 Å². The SMILES string of the molecule is Cn1nccc1[C@@H]1CN(Cc2ccoc2)C[C@]12CCCN(Cc1ccncc1)C2=O.O=C(O)C(F)(F)F.O=C(O)C(F)(F)F. The van der Waals surface area contributed by atoms with Crippen LogP contribution in [-0.4, -0.2) is 84.6 Å². The molecule has 2 aliphatic rings. The third-order valence-corrected chi connectivity index (χ3v) is 7.19. The maximum Gasteiger partial charge on any atom is 0.490 e. The molecule has 0 bridgehead atoms. The Morgan fingerprint density at radius 2 is 1.59 bits per heavy atom. The second kappa shape index (κ2) is 13.9. The molecule has 2 N–H and O–H groups in total. The van der Waals surface area contributed by atoms with Gasteiger partial charge in [0.2, 0.25) is 5.91 Å². The predicted octanol–water partition coefficient (Wildman–Crippen LogP) is 4.08. The highest BCUT2D eigenvalue weighted by Crippen LogP contribution is 2.49. The van der Waals surface area contributed by atoms with Crippen LogP contribution < -0.4 is 0 Å². The smallest absolute Gasteiger partial charge is 0.475 e. The average molecular weight is 634 g/mol. The second-order valence-electron chi connectivity index (χ2n) is 10.2. The van der Waals surface area contributed by atoms with Gasteiger partial charge in [-0.3, -0.25) is 19.4 Å². The fourth-order valence-electron chi connectivity index (χ4n) is 5.31. The molecule has 11 nitrogen and oxygen atoms in total. The van der Waals surface area contributed by atoms with Gasteiger partial charge in [0.05, 0.1) is 17.9 Å². The van der Waals surface area contributed by atoms with Crippen molar-refractivity contribution in [1.82, 2.24) is 24.6 Å². The summed E-state index contributed by atoms with van der Waals surface area (Å²) in [7, 11) is 1.98. The Hall–Kier alpha value is -4.41. The first-order chi connectivity index (χ1) is 20.5. The third-order valence-electron chi connectivity index (χ3n) is 7.19. The molecule has 44 heavy (non-hydrogen) atoms. The van der Waals surface area contributed by atoms with Crippen molar-refractivity contribution in [3.8, 4) is 0 Å². The first-order valence-corrected chi connectivity index (χ1v) is 13.0. The monoisotopic (exact) mass is 633 g/mol. The molecule has 2 aliphatic heterocycles. The Morgan fingerprint density at radius 3 is 2.09 bits per heavy atom. The molecule has 3 aromatic rings. The van der Waals surface area contributed by atoms with E-state index in [-0.39, 0.29) is 11.8 Å². The summed E-state index contributed by atoms with van der Waals surface area (Å²) in [5.74, 6) is -5.11. The molecular formula is C27H29F6N5O6. The van der Waals surface area contributed by atoms with E-state index in [0.29, 0.717) is 6.54 Å². The standard InChI is InChI=1S/C23H27N5O2.2C2HF3O2/c1-26-21(5-10-25-26)20-15-27(13-19-6-12-30-16-19)17-23(20)7-2-11-28(22(23)29)14-18-3-8-24-9-4-18;2*3-2(4,5)1(6)7/h3-6,8-10,12,16,20H,2,7,11,13-15,17H2,1H3;2*(H,6,7)/t20-,23+;;/m0../s1. The molecule has 0 saturated carbocycles. The number of carbonyl (C=O) groups excluding carboxylic acids is 1. The van der Waals surface area contributed by atoms with Gasteiger partial charge in [-0.25, -0.2) is 9.59 Å². The summed E-state index contributed by atoms with van der Waals surface area (Å²) in [6.07, 6.45) is 0.690. The minimum Gasteiger partial charge on any atom is -0.475 e. The van der Waals surface area contributed by atoms with Crippen molar-refractivity contribution in [1.29, 1.82) is 0 Å². The number of nitrogens with zero attached hydrogens (tertiary/aromatic N) is 5. The van der Waals surface area contributed by atoms with Crippen LogP contribution in [0.4, 0.5) is 26.3 Å². The van der Waals surface area contributed by atoms with Crippen LogP contribution in [0.5, 0.6) is 0 Å². The van der Waals surface area contributed by atoms with Gasteiger partial charge in [-0.15, -0.1) is 0 Å². The molecule has 240 valence electrons. The number of likely N-dealkylation sites (tertiary alicyclic amines) is 2. The highest BCUT2D eigenvalue weighted by Gasteiger charge is 2.55. The molecule has 5 rings (SSSR count). The van der Waals surface area contributed by atoms with E-state index >= 15 is 0 Å². The highest BCUT2D eigenvalue weighted by atomic mass is 19.4. The minimum absolute atomic E-state index is 0.129. The minimum atomic E-state index is -5.08. The molecule has 0 unspecified atom stereocenters. The van der Waals surface area contributed by atoms with Gasteiger partial charge < -0.3 is 19.5 Å². The number of aromatic nitrogens is 3. The normalized spacial score (nSPS) is 20.5. The average Bonchev–Trinajstić information content (AvgIpc) is 3.68. The van der Waals surface area contributed by atoms with E-state index in [1.54, 1.807) is 24.9 Å². The van der Waals surface area contributed by atoms with Crippen molar-refractivity contribution >= 4 is 17.8 Å². The number of carboxylic acids is 2. The molecule has 0 radical (unpaired) electrons. The van der Waals surface area contributed by atoms with E-state index in [1.165, 1.54) is 0 Å². The molecular weight excluding hydrogens is 604 g/mol. The Balaban J connectivity index is 0.000000317. The molecule has 3 aromatic heterocycles. The number of hydrogen-bond donors (Lipinski definition) is 2.